The van der Waals surface area contributed by atoms with Gasteiger partial charge in [-0.2, -0.15) is 0 Å². The molecule has 0 aromatic heterocycles. The minimum Gasteiger partial charge on any atom is -0.477 e. The first-order valence-corrected chi connectivity index (χ1v) is 14.1. The van der Waals surface area contributed by atoms with Gasteiger partial charge in [-0.25, -0.2) is 4.79 Å². The van der Waals surface area contributed by atoms with E-state index in [2.05, 4.69) is 17.0 Å². The number of thioether (sulfide) groups is 2. The number of carboxylic acid groups (broad SMARTS) is 1. The Balaban J connectivity index is 1.16. The third-order valence-electron chi connectivity index (χ3n) is 7.23. The van der Waals surface area contributed by atoms with Crippen molar-refractivity contribution in [2.75, 3.05) is 32.8 Å². The lowest BCUT2D eigenvalue weighted by Crippen LogP contribution is -2.61. The fraction of sp³-hybridized carbons (Fsp3) is 0.600. The molecule has 8 nitrogen and oxygen atoms in total. The summed E-state index contributed by atoms with van der Waals surface area (Å²) in [6.07, 6.45) is 2.44. The second-order valence-electron chi connectivity index (χ2n) is 9.41. The molecular weight excluding hydrogens is 488 g/mol. The zero-order valence-corrected chi connectivity index (χ0v) is 21.4. The van der Waals surface area contributed by atoms with Crippen LogP contribution in [0.1, 0.15) is 38.2 Å². The second kappa shape index (κ2) is 10.4. The molecule has 4 aliphatic rings. The number of amides is 1. The molecule has 0 spiro atoms. The maximum Gasteiger partial charge on any atom is 0.354 e. The fourth-order valence-electron chi connectivity index (χ4n) is 5.38. The van der Waals surface area contributed by atoms with E-state index in [0.29, 0.717) is 23.9 Å². The molecule has 10 heteroatoms. The van der Waals surface area contributed by atoms with E-state index >= 15 is 0 Å². The molecule has 5 rings (SSSR count). The van der Waals surface area contributed by atoms with Crippen molar-refractivity contribution in [2.24, 2.45) is 5.92 Å². The van der Waals surface area contributed by atoms with Crippen LogP contribution in [0.4, 0.5) is 0 Å². The highest BCUT2D eigenvalue weighted by Crippen LogP contribution is 2.55. The van der Waals surface area contributed by atoms with Gasteiger partial charge in [0, 0.05) is 23.8 Å². The monoisotopic (exact) mass is 520 g/mol. The first-order chi connectivity index (χ1) is 16.9. The first-order valence-electron chi connectivity index (χ1n) is 12.3. The van der Waals surface area contributed by atoms with E-state index in [1.807, 2.05) is 25.1 Å². The van der Waals surface area contributed by atoms with Gasteiger partial charge in [0.15, 0.2) is 11.5 Å². The summed E-state index contributed by atoms with van der Waals surface area (Å²) >= 11 is 3.00. The lowest BCUT2D eigenvalue weighted by molar-refractivity contribution is -0.172. The molecule has 4 heterocycles. The summed E-state index contributed by atoms with van der Waals surface area (Å²) < 4.78 is 12.8. The molecule has 0 unspecified atom stereocenters. The summed E-state index contributed by atoms with van der Waals surface area (Å²) in [4.78, 5) is 28.3. The van der Waals surface area contributed by atoms with Crippen molar-refractivity contribution in [1.29, 1.82) is 0 Å². The van der Waals surface area contributed by atoms with Gasteiger partial charge in [0.25, 0.3) is 0 Å². The molecule has 35 heavy (non-hydrogen) atoms. The minimum atomic E-state index is -1.07. The number of likely N-dealkylation sites (tertiary alicyclic amines) is 1. The highest BCUT2D eigenvalue weighted by Gasteiger charge is 2.58. The Bertz CT molecular complexity index is 983. The van der Waals surface area contributed by atoms with E-state index in [9.17, 15) is 19.8 Å². The number of carboxylic acids is 1. The van der Waals surface area contributed by atoms with Crippen molar-refractivity contribution >= 4 is 35.4 Å². The molecule has 0 saturated carbocycles. The number of carbonyl (C=O) groups excluding carboxylic acids is 1. The normalized spacial score (nSPS) is 28.9. The highest BCUT2D eigenvalue weighted by atomic mass is 32.2. The number of fused-ring (bicyclic) bond motifs is 1. The molecule has 1 aromatic carbocycles. The molecule has 1 amide bonds. The van der Waals surface area contributed by atoms with E-state index in [4.69, 9.17) is 9.47 Å². The van der Waals surface area contributed by atoms with Crippen LogP contribution in [0.3, 0.4) is 0 Å². The predicted octanol–water partition coefficient (Wildman–Crippen LogP) is 3.03. The smallest absolute Gasteiger partial charge is 0.354 e. The molecular formula is C25H32N2O6S2. The Morgan fingerprint density at radius 1 is 1.29 bits per heavy atom. The number of nitrogens with zero attached hydrogens (tertiary/aromatic N) is 2. The van der Waals surface area contributed by atoms with Crippen LogP contribution in [0.5, 0.6) is 0 Å². The predicted molar refractivity (Wildman–Crippen MR) is 134 cm³/mol. The molecule has 0 aliphatic carbocycles. The van der Waals surface area contributed by atoms with Crippen LogP contribution in [-0.2, 0) is 24.8 Å². The van der Waals surface area contributed by atoms with Crippen LogP contribution < -0.4 is 0 Å². The number of β-lactam (4-membered cyclic amide) rings is 1. The van der Waals surface area contributed by atoms with E-state index in [0.717, 1.165) is 44.5 Å². The molecule has 4 atom stereocenters. The molecule has 1 aromatic rings. The Morgan fingerprint density at radius 2 is 2.03 bits per heavy atom. The Labute approximate surface area is 214 Å². The van der Waals surface area contributed by atoms with Gasteiger partial charge in [-0.3, -0.25) is 9.69 Å². The van der Waals surface area contributed by atoms with Crippen molar-refractivity contribution in [3.8, 4) is 0 Å². The quantitative estimate of drug-likeness (QED) is 0.451. The van der Waals surface area contributed by atoms with Crippen LogP contribution in [0, 0.1) is 5.92 Å². The van der Waals surface area contributed by atoms with Crippen molar-refractivity contribution in [3.05, 3.63) is 45.8 Å². The van der Waals surface area contributed by atoms with Gasteiger partial charge in [0.1, 0.15) is 5.37 Å². The Morgan fingerprint density at radius 3 is 2.71 bits per heavy atom. The number of hydrogen-bond acceptors (Lipinski definition) is 8. The average Bonchev–Trinajstić information content (AvgIpc) is 3.59. The summed E-state index contributed by atoms with van der Waals surface area (Å²) in [6, 6.07) is 10.1. The van der Waals surface area contributed by atoms with Gasteiger partial charge >= 0.3 is 5.97 Å². The number of benzene rings is 1. The van der Waals surface area contributed by atoms with Crippen molar-refractivity contribution in [3.63, 3.8) is 0 Å². The van der Waals surface area contributed by atoms with Crippen molar-refractivity contribution in [2.45, 2.75) is 55.1 Å². The van der Waals surface area contributed by atoms with Crippen LogP contribution in [0.2, 0.25) is 0 Å². The van der Waals surface area contributed by atoms with Gasteiger partial charge in [0.05, 0.1) is 29.5 Å². The molecule has 0 bridgehead atoms. The second-order valence-corrected chi connectivity index (χ2v) is 12.1. The molecule has 190 valence electrons. The van der Waals surface area contributed by atoms with Crippen LogP contribution in [-0.4, -0.2) is 81.5 Å². The molecule has 3 fully saturated rings. The van der Waals surface area contributed by atoms with E-state index in [1.54, 1.807) is 11.8 Å². The summed E-state index contributed by atoms with van der Waals surface area (Å²) in [5, 5.41) is 20.0. The Kier molecular flexibility index (Phi) is 7.48. The van der Waals surface area contributed by atoms with Gasteiger partial charge in [0.2, 0.25) is 5.91 Å². The van der Waals surface area contributed by atoms with Crippen LogP contribution in [0.15, 0.2) is 40.3 Å². The number of hydrogen-bond donors (Lipinski definition) is 2. The molecule has 4 aliphatic heterocycles. The fourth-order valence-corrected chi connectivity index (χ4v) is 8.69. The topological polar surface area (TPSA) is 99.5 Å². The largest absolute Gasteiger partial charge is 0.477 e. The van der Waals surface area contributed by atoms with Crippen LogP contribution >= 0.6 is 23.5 Å². The van der Waals surface area contributed by atoms with Gasteiger partial charge < -0.3 is 24.6 Å². The minimum absolute atomic E-state index is 0.0911. The number of aliphatic carboxylic acids is 1. The number of rotatable bonds is 10. The Hall–Kier alpha value is -1.56. The summed E-state index contributed by atoms with van der Waals surface area (Å²) in [5.41, 5.74) is 1.15. The molecule has 3 saturated heterocycles. The maximum absolute atomic E-state index is 12.6. The van der Waals surface area contributed by atoms with E-state index in [1.165, 1.54) is 16.7 Å². The first kappa shape index (κ1) is 25.1. The third kappa shape index (κ3) is 4.76. The zero-order chi connectivity index (χ0) is 24.6. The standard InChI is InChI=1S/C25H32N2O6S2/c1-2-18(28)19-21(29)27-20(23(30)31)24(35-22(19)27)34-17-9-12-26(15-17)11-6-10-25(32-13-14-33-25)16-7-4-3-5-8-16/h3-5,7-8,17-19,22,28H,2,6,9-15H2,1H3,(H,30,31)/t17-,18-,19+,22+/m0/s1. The third-order valence-corrected chi connectivity index (χ3v) is 10.1. The van der Waals surface area contributed by atoms with E-state index < -0.39 is 23.8 Å². The number of aliphatic hydroxyl groups is 1. The SMILES string of the molecule is CC[C@H](O)[C@@H]1C(=O)N2C(C(=O)O)=C(S[C@H]3CCN(CCCC4(c5ccccc5)OCCO4)C3)S[C@H]12. The van der Waals surface area contributed by atoms with E-state index in [-0.39, 0.29) is 22.2 Å². The summed E-state index contributed by atoms with van der Waals surface area (Å²) in [7, 11) is 0. The van der Waals surface area contributed by atoms with Crippen molar-refractivity contribution < 1.29 is 29.3 Å². The lowest BCUT2D eigenvalue weighted by atomic mass is 9.90. The van der Waals surface area contributed by atoms with Crippen LogP contribution in [0.25, 0.3) is 0 Å². The molecule has 0 radical (unpaired) electrons. The van der Waals surface area contributed by atoms with Crippen molar-refractivity contribution in [1.82, 2.24) is 9.80 Å². The summed E-state index contributed by atoms with van der Waals surface area (Å²) in [6.45, 7) is 5.80. The van der Waals surface area contributed by atoms with Gasteiger partial charge in [-0.1, -0.05) is 49.0 Å². The maximum atomic E-state index is 12.6. The summed E-state index contributed by atoms with van der Waals surface area (Å²) in [5.74, 6) is -2.52. The van der Waals surface area contributed by atoms with Gasteiger partial charge in [-0.05, 0) is 32.4 Å². The van der Waals surface area contributed by atoms with Gasteiger partial charge in [-0.15, -0.1) is 11.8 Å². The highest BCUT2D eigenvalue weighted by molar-refractivity contribution is 8.23. The number of carbonyl (C=O) groups is 2. The zero-order valence-electron chi connectivity index (χ0n) is 19.8. The average molecular weight is 521 g/mol. The number of aliphatic hydroxyl groups excluding tert-OH is 1. The molecule has 2 N–H and O–H groups in total. The number of ether oxygens (including phenoxy) is 2. The lowest BCUT2D eigenvalue weighted by Gasteiger charge is -2.44.